The van der Waals surface area contributed by atoms with Gasteiger partial charge in [-0.25, -0.2) is 0 Å². The molecular formula is C20H17Br2NO. The first-order chi connectivity index (χ1) is 11.7. The molecule has 1 N–H and O–H groups in total. The molecule has 3 rings (SSSR count). The number of rotatable bonds is 6. The highest BCUT2D eigenvalue weighted by Gasteiger charge is 1.99. The van der Waals surface area contributed by atoms with E-state index in [4.69, 9.17) is 4.74 Å². The smallest absolute Gasteiger partial charge is 0.119 e. The Balaban J connectivity index is 1.51. The number of halogens is 2. The van der Waals surface area contributed by atoms with Crippen LogP contribution in [0.4, 0.5) is 5.69 Å². The van der Waals surface area contributed by atoms with Gasteiger partial charge in [-0.05, 0) is 59.7 Å². The molecule has 0 heterocycles. The van der Waals surface area contributed by atoms with Gasteiger partial charge in [-0.2, -0.15) is 0 Å². The van der Waals surface area contributed by atoms with E-state index in [1.807, 2.05) is 36.4 Å². The van der Waals surface area contributed by atoms with Gasteiger partial charge in [0, 0.05) is 21.2 Å². The Kier molecular flexibility index (Phi) is 5.94. The summed E-state index contributed by atoms with van der Waals surface area (Å²) in [5.41, 5.74) is 3.47. The van der Waals surface area contributed by atoms with Gasteiger partial charge in [-0.3, -0.25) is 0 Å². The van der Waals surface area contributed by atoms with E-state index in [2.05, 4.69) is 73.6 Å². The van der Waals surface area contributed by atoms with Crippen LogP contribution in [0.3, 0.4) is 0 Å². The molecule has 0 saturated carbocycles. The van der Waals surface area contributed by atoms with E-state index in [0.29, 0.717) is 6.61 Å². The van der Waals surface area contributed by atoms with Crippen LogP contribution >= 0.6 is 31.9 Å². The SMILES string of the molecule is Brc1ccc(COc2ccc(CNc3ccc(Br)cc3)cc2)cc1. The molecule has 0 aliphatic heterocycles. The summed E-state index contributed by atoms with van der Waals surface area (Å²) >= 11 is 6.88. The Labute approximate surface area is 159 Å². The van der Waals surface area contributed by atoms with Crippen molar-refractivity contribution in [2.45, 2.75) is 13.2 Å². The predicted octanol–water partition coefficient (Wildman–Crippen LogP) is 6.40. The maximum absolute atomic E-state index is 5.82. The molecule has 0 spiro atoms. The van der Waals surface area contributed by atoms with Gasteiger partial charge < -0.3 is 10.1 Å². The van der Waals surface area contributed by atoms with Crippen LogP contribution in [0.5, 0.6) is 5.75 Å². The van der Waals surface area contributed by atoms with Gasteiger partial charge in [0.2, 0.25) is 0 Å². The lowest BCUT2D eigenvalue weighted by Crippen LogP contribution is -1.99. The van der Waals surface area contributed by atoms with Crippen LogP contribution in [0.15, 0.2) is 81.7 Å². The molecule has 0 aliphatic carbocycles. The molecule has 3 aromatic carbocycles. The Hall–Kier alpha value is -1.78. The summed E-state index contributed by atoms with van der Waals surface area (Å²) < 4.78 is 7.98. The minimum Gasteiger partial charge on any atom is -0.489 e. The second kappa shape index (κ2) is 8.36. The molecular weight excluding hydrogens is 430 g/mol. The average molecular weight is 447 g/mol. The standard InChI is InChI=1S/C20H17Br2NO/c21-17-5-1-16(2-6-17)14-24-20-11-3-15(4-12-20)13-23-19-9-7-18(22)8-10-19/h1-12,23H,13-14H2. The zero-order valence-electron chi connectivity index (χ0n) is 13.0. The normalized spacial score (nSPS) is 10.4. The fourth-order valence-electron chi connectivity index (χ4n) is 2.22. The number of hydrogen-bond donors (Lipinski definition) is 1. The molecule has 0 radical (unpaired) electrons. The third kappa shape index (κ3) is 5.11. The number of anilines is 1. The molecule has 2 nitrogen and oxygen atoms in total. The number of nitrogens with one attached hydrogen (secondary N) is 1. The van der Waals surface area contributed by atoms with Crippen molar-refractivity contribution in [1.29, 1.82) is 0 Å². The van der Waals surface area contributed by atoms with E-state index in [1.165, 1.54) is 5.56 Å². The van der Waals surface area contributed by atoms with Gasteiger partial charge in [-0.15, -0.1) is 0 Å². The lowest BCUT2D eigenvalue weighted by molar-refractivity contribution is 0.306. The second-order valence-corrected chi connectivity index (χ2v) is 7.25. The summed E-state index contributed by atoms with van der Waals surface area (Å²) in [6.07, 6.45) is 0. The summed E-state index contributed by atoms with van der Waals surface area (Å²) in [7, 11) is 0. The Morgan fingerprint density at radius 2 is 1.21 bits per heavy atom. The molecule has 122 valence electrons. The highest BCUT2D eigenvalue weighted by molar-refractivity contribution is 9.10. The third-order valence-electron chi connectivity index (χ3n) is 3.58. The van der Waals surface area contributed by atoms with Crippen molar-refractivity contribution in [3.63, 3.8) is 0 Å². The van der Waals surface area contributed by atoms with Crippen molar-refractivity contribution < 1.29 is 4.74 Å². The molecule has 0 unspecified atom stereocenters. The van der Waals surface area contributed by atoms with Crippen LogP contribution in [0.2, 0.25) is 0 Å². The highest BCUT2D eigenvalue weighted by atomic mass is 79.9. The van der Waals surface area contributed by atoms with Crippen molar-refractivity contribution in [3.8, 4) is 5.75 Å². The molecule has 0 amide bonds. The van der Waals surface area contributed by atoms with Crippen LogP contribution in [0.1, 0.15) is 11.1 Å². The largest absolute Gasteiger partial charge is 0.489 e. The number of ether oxygens (including phenoxy) is 1. The molecule has 4 heteroatoms. The lowest BCUT2D eigenvalue weighted by atomic mass is 10.2. The molecule has 0 saturated heterocycles. The quantitative estimate of drug-likeness (QED) is 0.472. The minimum atomic E-state index is 0.573. The fourth-order valence-corrected chi connectivity index (χ4v) is 2.75. The fraction of sp³-hybridized carbons (Fsp3) is 0.100. The number of benzene rings is 3. The first-order valence-electron chi connectivity index (χ1n) is 7.65. The molecule has 0 fully saturated rings. The van der Waals surface area contributed by atoms with Crippen LogP contribution < -0.4 is 10.1 Å². The molecule has 0 aliphatic rings. The van der Waals surface area contributed by atoms with Crippen molar-refractivity contribution >= 4 is 37.5 Å². The van der Waals surface area contributed by atoms with Gasteiger partial charge >= 0.3 is 0 Å². The van der Waals surface area contributed by atoms with Gasteiger partial charge in [0.1, 0.15) is 12.4 Å². The summed E-state index contributed by atoms with van der Waals surface area (Å²) in [6.45, 7) is 1.36. The molecule has 0 aromatic heterocycles. The Morgan fingerprint density at radius 3 is 1.83 bits per heavy atom. The van der Waals surface area contributed by atoms with Crippen LogP contribution in [0, 0.1) is 0 Å². The van der Waals surface area contributed by atoms with E-state index >= 15 is 0 Å². The maximum Gasteiger partial charge on any atom is 0.119 e. The van der Waals surface area contributed by atoms with Gasteiger partial charge in [0.25, 0.3) is 0 Å². The van der Waals surface area contributed by atoms with Gasteiger partial charge in [0.15, 0.2) is 0 Å². The molecule has 3 aromatic rings. The summed E-state index contributed by atoms with van der Waals surface area (Å²) in [5.74, 6) is 0.880. The second-order valence-electron chi connectivity index (χ2n) is 5.42. The van der Waals surface area contributed by atoms with E-state index < -0.39 is 0 Å². The van der Waals surface area contributed by atoms with E-state index in [9.17, 15) is 0 Å². The first-order valence-corrected chi connectivity index (χ1v) is 9.23. The molecule has 0 atom stereocenters. The summed E-state index contributed by atoms with van der Waals surface area (Å²) in [5, 5.41) is 3.40. The van der Waals surface area contributed by atoms with E-state index in [0.717, 1.165) is 32.5 Å². The predicted molar refractivity (Wildman–Crippen MR) is 106 cm³/mol. The van der Waals surface area contributed by atoms with E-state index in [-0.39, 0.29) is 0 Å². The first kappa shape index (κ1) is 17.1. The van der Waals surface area contributed by atoms with Crippen LogP contribution in [-0.2, 0) is 13.2 Å². The zero-order chi connectivity index (χ0) is 16.8. The van der Waals surface area contributed by atoms with Crippen LogP contribution in [-0.4, -0.2) is 0 Å². The summed E-state index contributed by atoms with van der Waals surface area (Å²) in [6, 6.07) is 24.5. The Morgan fingerprint density at radius 1 is 0.667 bits per heavy atom. The number of hydrogen-bond acceptors (Lipinski definition) is 2. The monoisotopic (exact) mass is 445 g/mol. The topological polar surface area (TPSA) is 21.3 Å². The van der Waals surface area contributed by atoms with E-state index in [1.54, 1.807) is 0 Å². The zero-order valence-corrected chi connectivity index (χ0v) is 16.2. The van der Waals surface area contributed by atoms with Crippen molar-refractivity contribution in [1.82, 2.24) is 0 Å². The third-order valence-corrected chi connectivity index (χ3v) is 4.64. The summed E-state index contributed by atoms with van der Waals surface area (Å²) in [4.78, 5) is 0. The van der Waals surface area contributed by atoms with Gasteiger partial charge in [-0.1, -0.05) is 56.1 Å². The molecule has 24 heavy (non-hydrogen) atoms. The molecule has 0 bridgehead atoms. The average Bonchev–Trinajstić information content (AvgIpc) is 2.62. The maximum atomic E-state index is 5.82. The Bertz CT molecular complexity index is 700. The van der Waals surface area contributed by atoms with Crippen LogP contribution in [0.25, 0.3) is 0 Å². The van der Waals surface area contributed by atoms with Crippen molar-refractivity contribution in [2.75, 3.05) is 5.32 Å². The minimum absolute atomic E-state index is 0.573. The highest BCUT2D eigenvalue weighted by Crippen LogP contribution is 2.18. The van der Waals surface area contributed by atoms with Crippen molar-refractivity contribution in [2.24, 2.45) is 0 Å². The lowest BCUT2D eigenvalue weighted by Gasteiger charge is -2.09. The van der Waals surface area contributed by atoms with Gasteiger partial charge in [0.05, 0.1) is 0 Å². The van der Waals surface area contributed by atoms with Crippen molar-refractivity contribution in [3.05, 3.63) is 92.9 Å².